The second-order valence-corrected chi connectivity index (χ2v) is 5.18. The average Bonchev–Trinajstić information content (AvgIpc) is 2.25. The predicted octanol–water partition coefficient (Wildman–Crippen LogP) is 0.348. The molecule has 5 N–H and O–H groups in total. The molecule has 7 nitrogen and oxygen atoms in total. The van der Waals surface area contributed by atoms with E-state index in [1.165, 1.54) is 0 Å². The van der Waals surface area contributed by atoms with E-state index in [2.05, 4.69) is 34.1 Å². The number of nitrogens with two attached hydrogens (primary N) is 2. The fourth-order valence-electron chi connectivity index (χ4n) is 2.32. The van der Waals surface area contributed by atoms with Crippen molar-refractivity contribution in [1.29, 1.82) is 0 Å². The highest BCUT2D eigenvalue weighted by atomic mass is 16.5. The normalized spacial score (nSPS) is 22.9. The highest BCUT2D eigenvalue weighted by molar-refractivity contribution is 5.52. The van der Waals surface area contributed by atoms with Crippen LogP contribution in [0.5, 0.6) is 0 Å². The van der Waals surface area contributed by atoms with Crippen molar-refractivity contribution in [3.8, 4) is 0 Å². The Morgan fingerprint density at radius 2 is 2.22 bits per heavy atom. The van der Waals surface area contributed by atoms with E-state index < -0.39 is 0 Å². The topological polar surface area (TPSA) is 102 Å². The van der Waals surface area contributed by atoms with Crippen LogP contribution in [0.15, 0.2) is 6.07 Å². The number of hydrazine groups is 1. The Morgan fingerprint density at radius 3 is 2.83 bits per heavy atom. The molecule has 0 aliphatic carbocycles. The predicted molar refractivity (Wildman–Crippen MR) is 71.1 cm³/mol. The van der Waals surface area contributed by atoms with Gasteiger partial charge in [0.1, 0.15) is 11.6 Å². The van der Waals surface area contributed by atoms with Gasteiger partial charge in [-0.15, -0.1) is 0 Å². The van der Waals surface area contributed by atoms with Crippen LogP contribution in [-0.2, 0) is 4.74 Å². The van der Waals surface area contributed by atoms with E-state index >= 15 is 0 Å². The Hall–Kier alpha value is -1.60. The van der Waals surface area contributed by atoms with E-state index in [4.69, 9.17) is 16.3 Å². The van der Waals surface area contributed by atoms with E-state index in [0.29, 0.717) is 5.82 Å². The Kier molecular flexibility index (Phi) is 3.27. The van der Waals surface area contributed by atoms with Gasteiger partial charge < -0.3 is 20.8 Å². The third-order valence-corrected chi connectivity index (χ3v) is 2.77. The quantitative estimate of drug-likeness (QED) is 0.515. The molecule has 2 rings (SSSR count). The number of morpholine rings is 1. The lowest BCUT2D eigenvalue weighted by molar-refractivity contribution is -0.0751. The van der Waals surface area contributed by atoms with Crippen molar-refractivity contribution in [2.24, 2.45) is 5.84 Å². The standard InChI is InChI=1S/C11H20N6O/c1-7-5-17(6-11(2,3)18-7)9-4-8(16-13)14-10(12)15-9/h4,7H,5-6,13H2,1-3H3,(H3,12,14,15,16). The number of ether oxygens (including phenoxy) is 1. The fourth-order valence-corrected chi connectivity index (χ4v) is 2.32. The van der Waals surface area contributed by atoms with Gasteiger partial charge in [-0.1, -0.05) is 0 Å². The molecule has 1 aliphatic rings. The molecule has 1 aliphatic heterocycles. The molecule has 0 spiro atoms. The molecule has 0 bridgehead atoms. The summed E-state index contributed by atoms with van der Waals surface area (Å²) in [6.07, 6.45) is 0.138. The van der Waals surface area contributed by atoms with Crippen molar-refractivity contribution in [2.45, 2.75) is 32.5 Å². The minimum Gasteiger partial charge on any atom is -0.369 e. The van der Waals surface area contributed by atoms with Gasteiger partial charge in [0, 0.05) is 19.2 Å². The number of nitrogen functional groups attached to an aromatic ring is 2. The zero-order valence-corrected chi connectivity index (χ0v) is 11.0. The molecule has 7 heteroatoms. The molecule has 1 fully saturated rings. The second kappa shape index (κ2) is 4.58. The Labute approximate surface area is 106 Å². The molecule has 1 aromatic rings. The average molecular weight is 252 g/mol. The Bertz CT molecular complexity index is 436. The first-order valence-electron chi connectivity index (χ1n) is 5.93. The molecule has 100 valence electrons. The molecule has 0 amide bonds. The van der Waals surface area contributed by atoms with E-state index in [1.807, 2.05) is 6.92 Å². The van der Waals surface area contributed by atoms with Crippen LogP contribution >= 0.6 is 0 Å². The van der Waals surface area contributed by atoms with Crippen LogP contribution in [-0.4, -0.2) is 34.8 Å². The van der Waals surface area contributed by atoms with Gasteiger partial charge in [0.25, 0.3) is 0 Å². The lowest BCUT2D eigenvalue weighted by atomic mass is 10.1. The van der Waals surface area contributed by atoms with Gasteiger partial charge in [0.2, 0.25) is 5.95 Å². The van der Waals surface area contributed by atoms with Crippen molar-refractivity contribution < 1.29 is 4.74 Å². The van der Waals surface area contributed by atoms with Gasteiger partial charge in [0.15, 0.2) is 0 Å². The summed E-state index contributed by atoms with van der Waals surface area (Å²) < 4.78 is 5.86. The summed E-state index contributed by atoms with van der Waals surface area (Å²) in [6.45, 7) is 7.67. The van der Waals surface area contributed by atoms with Crippen molar-refractivity contribution in [2.75, 3.05) is 29.1 Å². The van der Waals surface area contributed by atoms with Crippen LogP contribution in [0.25, 0.3) is 0 Å². The maximum Gasteiger partial charge on any atom is 0.223 e. The van der Waals surface area contributed by atoms with Gasteiger partial charge in [-0.25, -0.2) is 5.84 Å². The van der Waals surface area contributed by atoms with Crippen molar-refractivity contribution in [3.05, 3.63) is 6.07 Å². The number of anilines is 3. The van der Waals surface area contributed by atoms with E-state index in [0.717, 1.165) is 18.9 Å². The molecule has 1 atom stereocenters. The molecule has 1 aromatic heterocycles. The first-order valence-corrected chi connectivity index (χ1v) is 5.93. The van der Waals surface area contributed by atoms with Gasteiger partial charge in [-0.05, 0) is 20.8 Å². The molecular weight excluding hydrogens is 232 g/mol. The molecule has 1 unspecified atom stereocenters. The van der Waals surface area contributed by atoms with Crippen LogP contribution in [0.2, 0.25) is 0 Å². The van der Waals surface area contributed by atoms with Gasteiger partial charge in [-0.3, -0.25) is 0 Å². The molecule has 18 heavy (non-hydrogen) atoms. The number of hydrogen-bond donors (Lipinski definition) is 3. The van der Waals surface area contributed by atoms with Crippen LogP contribution in [0.1, 0.15) is 20.8 Å². The molecule has 2 heterocycles. The molecular formula is C11H20N6O. The van der Waals surface area contributed by atoms with Crippen molar-refractivity contribution >= 4 is 17.6 Å². The molecule has 1 saturated heterocycles. The van der Waals surface area contributed by atoms with E-state index in [1.54, 1.807) is 6.07 Å². The zero-order chi connectivity index (χ0) is 13.3. The molecule has 0 radical (unpaired) electrons. The Balaban J connectivity index is 2.27. The summed E-state index contributed by atoms with van der Waals surface area (Å²) in [5.41, 5.74) is 7.94. The molecule has 0 saturated carbocycles. The second-order valence-electron chi connectivity index (χ2n) is 5.18. The number of rotatable bonds is 2. The van der Waals surface area contributed by atoms with Crippen molar-refractivity contribution in [3.63, 3.8) is 0 Å². The highest BCUT2D eigenvalue weighted by Gasteiger charge is 2.32. The van der Waals surface area contributed by atoms with Gasteiger partial charge in [0.05, 0.1) is 11.7 Å². The summed E-state index contributed by atoms with van der Waals surface area (Å²) in [4.78, 5) is 10.4. The van der Waals surface area contributed by atoms with Gasteiger partial charge in [-0.2, -0.15) is 9.97 Å². The number of hydrogen-bond acceptors (Lipinski definition) is 7. The monoisotopic (exact) mass is 252 g/mol. The summed E-state index contributed by atoms with van der Waals surface area (Å²) in [6, 6.07) is 1.78. The molecule has 0 aromatic carbocycles. The minimum atomic E-state index is -0.215. The highest BCUT2D eigenvalue weighted by Crippen LogP contribution is 2.26. The lowest BCUT2D eigenvalue weighted by Gasteiger charge is -2.42. The summed E-state index contributed by atoms with van der Waals surface area (Å²) in [5.74, 6) is 6.84. The Morgan fingerprint density at radius 1 is 1.50 bits per heavy atom. The third-order valence-electron chi connectivity index (χ3n) is 2.77. The summed E-state index contributed by atoms with van der Waals surface area (Å²) in [5, 5.41) is 0. The van der Waals surface area contributed by atoms with E-state index in [-0.39, 0.29) is 17.7 Å². The van der Waals surface area contributed by atoms with Crippen LogP contribution in [0.3, 0.4) is 0 Å². The maximum absolute atomic E-state index is 5.86. The van der Waals surface area contributed by atoms with Crippen molar-refractivity contribution in [1.82, 2.24) is 9.97 Å². The minimum absolute atomic E-state index is 0.138. The fraction of sp³-hybridized carbons (Fsp3) is 0.636. The maximum atomic E-state index is 5.86. The number of nitrogens with one attached hydrogen (secondary N) is 1. The van der Waals surface area contributed by atoms with E-state index in [9.17, 15) is 0 Å². The SMILES string of the molecule is CC1CN(c2cc(NN)nc(N)n2)CC(C)(C)O1. The third kappa shape index (κ3) is 2.80. The van der Waals surface area contributed by atoms with Crippen LogP contribution < -0.4 is 21.9 Å². The van der Waals surface area contributed by atoms with Crippen LogP contribution in [0.4, 0.5) is 17.6 Å². The first-order chi connectivity index (χ1) is 8.39. The summed E-state index contributed by atoms with van der Waals surface area (Å²) in [7, 11) is 0. The number of aromatic nitrogens is 2. The van der Waals surface area contributed by atoms with Crippen LogP contribution in [0, 0.1) is 0 Å². The smallest absolute Gasteiger partial charge is 0.223 e. The number of nitrogens with zero attached hydrogens (tertiary/aromatic N) is 3. The lowest BCUT2D eigenvalue weighted by Crippen LogP contribution is -2.52. The largest absolute Gasteiger partial charge is 0.369 e. The first kappa shape index (κ1) is 12.8. The zero-order valence-electron chi connectivity index (χ0n) is 11.0. The summed E-state index contributed by atoms with van der Waals surface area (Å²) >= 11 is 0. The van der Waals surface area contributed by atoms with Gasteiger partial charge >= 0.3 is 0 Å².